The number of rotatable bonds is 3. The molecule has 0 unspecified atom stereocenters. The number of piperidine rings is 1. The predicted octanol–water partition coefficient (Wildman–Crippen LogP) is 2.71. The zero-order chi connectivity index (χ0) is 18.9. The molecule has 1 N–H and O–H groups in total. The number of benzene rings is 1. The van der Waals surface area contributed by atoms with Gasteiger partial charge in [-0.2, -0.15) is 5.10 Å². The molecule has 0 bridgehead atoms. The molecule has 0 radical (unpaired) electrons. The first-order valence-electron chi connectivity index (χ1n) is 9.83. The number of aromatic nitrogens is 2. The summed E-state index contributed by atoms with van der Waals surface area (Å²) in [5.41, 5.74) is 3.62. The van der Waals surface area contributed by atoms with E-state index in [-0.39, 0.29) is 6.03 Å². The second kappa shape index (κ2) is 7.35. The highest BCUT2D eigenvalue weighted by atomic mass is 16.2. The van der Waals surface area contributed by atoms with E-state index in [1.54, 1.807) is 4.68 Å². The number of amides is 2. The van der Waals surface area contributed by atoms with E-state index in [4.69, 9.17) is 0 Å². The summed E-state index contributed by atoms with van der Waals surface area (Å²) < 4.78 is 1.80. The second-order valence-corrected chi connectivity index (χ2v) is 8.23. The SMILES string of the molecule is CN1CCC[C@@]2(CCN(C(=O)NCc3ccccc3-c3cnn(C)c3)C2)C1. The fourth-order valence-corrected chi connectivity index (χ4v) is 4.70. The van der Waals surface area contributed by atoms with E-state index >= 15 is 0 Å². The molecule has 0 saturated carbocycles. The van der Waals surface area contributed by atoms with Crippen molar-refractivity contribution in [2.75, 3.05) is 33.2 Å². The minimum Gasteiger partial charge on any atom is -0.334 e. The number of nitrogens with one attached hydrogen (secondary N) is 1. The van der Waals surface area contributed by atoms with Crippen LogP contribution in [0.15, 0.2) is 36.7 Å². The molecule has 4 rings (SSSR count). The Morgan fingerprint density at radius 1 is 1.19 bits per heavy atom. The molecule has 2 fully saturated rings. The van der Waals surface area contributed by atoms with Crippen molar-refractivity contribution in [3.05, 3.63) is 42.2 Å². The Labute approximate surface area is 161 Å². The maximum atomic E-state index is 12.8. The average Bonchev–Trinajstić information content (AvgIpc) is 3.26. The highest BCUT2D eigenvalue weighted by Crippen LogP contribution is 2.38. The lowest BCUT2D eigenvalue weighted by molar-refractivity contribution is 0.115. The van der Waals surface area contributed by atoms with Crippen molar-refractivity contribution in [1.29, 1.82) is 0 Å². The van der Waals surface area contributed by atoms with Crippen LogP contribution in [0.1, 0.15) is 24.8 Å². The van der Waals surface area contributed by atoms with E-state index in [9.17, 15) is 4.79 Å². The van der Waals surface area contributed by atoms with Crippen molar-refractivity contribution < 1.29 is 4.79 Å². The van der Waals surface area contributed by atoms with Crippen LogP contribution in [0.4, 0.5) is 4.79 Å². The molecule has 144 valence electrons. The largest absolute Gasteiger partial charge is 0.334 e. The van der Waals surface area contributed by atoms with E-state index in [0.717, 1.165) is 42.7 Å². The molecule has 6 heteroatoms. The van der Waals surface area contributed by atoms with Crippen molar-refractivity contribution in [2.45, 2.75) is 25.8 Å². The lowest BCUT2D eigenvalue weighted by Gasteiger charge is -2.38. The summed E-state index contributed by atoms with van der Waals surface area (Å²) in [5.74, 6) is 0. The smallest absolute Gasteiger partial charge is 0.317 e. The van der Waals surface area contributed by atoms with Gasteiger partial charge in [0.2, 0.25) is 0 Å². The van der Waals surface area contributed by atoms with Gasteiger partial charge in [-0.15, -0.1) is 0 Å². The fraction of sp³-hybridized carbons (Fsp3) is 0.524. The summed E-state index contributed by atoms with van der Waals surface area (Å²) in [6, 6.07) is 8.26. The Hall–Kier alpha value is -2.34. The molecule has 1 atom stereocenters. The summed E-state index contributed by atoms with van der Waals surface area (Å²) in [6.45, 7) is 4.57. The minimum atomic E-state index is 0.0566. The first kappa shape index (κ1) is 18.0. The highest BCUT2D eigenvalue weighted by molar-refractivity contribution is 5.75. The summed E-state index contributed by atoms with van der Waals surface area (Å²) in [5, 5.41) is 7.40. The Balaban J connectivity index is 1.39. The molecule has 2 amide bonds. The molecule has 0 aliphatic carbocycles. The molecule has 2 aromatic rings. The van der Waals surface area contributed by atoms with Crippen molar-refractivity contribution in [2.24, 2.45) is 12.5 Å². The molecule has 27 heavy (non-hydrogen) atoms. The third kappa shape index (κ3) is 3.86. The summed E-state index contributed by atoms with van der Waals surface area (Å²) in [6.07, 6.45) is 7.47. The van der Waals surface area contributed by atoms with E-state index < -0.39 is 0 Å². The maximum absolute atomic E-state index is 12.8. The van der Waals surface area contributed by atoms with Crippen LogP contribution in [-0.4, -0.2) is 58.8 Å². The zero-order valence-corrected chi connectivity index (χ0v) is 16.3. The fourth-order valence-electron chi connectivity index (χ4n) is 4.70. The molecule has 2 saturated heterocycles. The quantitative estimate of drug-likeness (QED) is 0.908. The number of hydrogen-bond acceptors (Lipinski definition) is 3. The number of aryl methyl sites for hydroxylation is 1. The van der Waals surface area contributed by atoms with Crippen molar-refractivity contribution in [3.8, 4) is 11.1 Å². The monoisotopic (exact) mass is 367 g/mol. The molecule has 2 aliphatic heterocycles. The molecule has 3 heterocycles. The van der Waals surface area contributed by atoms with Gasteiger partial charge in [0.25, 0.3) is 0 Å². The number of likely N-dealkylation sites (tertiary alicyclic amines) is 2. The molecular formula is C21H29N5O. The summed E-state index contributed by atoms with van der Waals surface area (Å²) in [7, 11) is 4.11. The molecule has 2 aliphatic rings. The first-order chi connectivity index (χ1) is 13.0. The average molecular weight is 367 g/mol. The van der Waals surface area contributed by atoms with E-state index in [1.807, 2.05) is 36.5 Å². The molecular weight excluding hydrogens is 338 g/mol. The van der Waals surface area contributed by atoms with Gasteiger partial charge < -0.3 is 15.1 Å². The molecule has 1 spiro atoms. The van der Waals surface area contributed by atoms with Crippen LogP contribution in [-0.2, 0) is 13.6 Å². The lowest BCUT2D eigenvalue weighted by Crippen LogP contribution is -2.45. The van der Waals surface area contributed by atoms with E-state index in [2.05, 4.69) is 34.5 Å². The Bertz CT molecular complexity index is 816. The van der Waals surface area contributed by atoms with Gasteiger partial charge in [0.15, 0.2) is 0 Å². The van der Waals surface area contributed by atoms with Crippen LogP contribution in [0.5, 0.6) is 0 Å². The van der Waals surface area contributed by atoms with Gasteiger partial charge in [0.1, 0.15) is 0 Å². The van der Waals surface area contributed by atoms with Gasteiger partial charge in [-0.1, -0.05) is 24.3 Å². The number of hydrogen-bond donors (Lipinski definition) is 1. The van der Waals surface area contributed by atoms with Gasteiger partial charge in [-0.05, 0) is 44.0 Å². The van der Waals surface area contributed by atoms with Crippen LogP contribution in [0.3, 0.4) is 0 Å². The molecule has 1 aromatic heterocycles. The zero-order valence-electron chi connectivity index (χ0n) is 16.3. The molecule has 6 nitrogen and oxygen atoms in total. The highest BCUT2D eigenvalue weighted by Gasteiger charge is 2.41. The standard InChI is InChI=1S/C21H29N5O/c1-24-10-5-8-21(15-24)9-11-26(16-21)20(27)22-12-17-6-3-4-7-19(17)18-13-23-25(2)14-18/h3-4,6-7,13-14H,5,8-12,15-16H2,1-2H3,(H,22,27)/t21-/m1/s1. The van der Waals surface area contributed by atoms with Gasteiger partial charge in [-0.25, -0.2) is 4.79 Å². The van der Waals surface area contributed by atoms with Crippen LogP contribution in [0, 0.1) is 5.41 Å². The van der Waals surface area contributed by atoms with Gasteiger partial charge in [0.05, 0.1) is 6.20 Å². The van der Waals surface area contributed by atoms with Gasteiger partial charge in [-0.3, -0.25) is 4.68 Å². The summed E-state index contributed by atoms with van der Waals surface area (Å²) >= 11 is 0. The summed E-state index contributed by atoms with van der Waals surface area (Å²) in [4.78, 5) is 17.2. The predicted molar refractivity (Wildman–Crippen MR) is 106 cm³/mol. The third-order valence-electron chi connectivity index (χ3n) is 6.04. The number of carbonyl (C=O) groups is 1. The topological polar surface area (TPSA) is 53.4 Å². The van der Waals surface area contributed by atoms with Crippen molar-refractivity contribution >= 4 is 6.03 Å². The van der Waals surface area contributed by atoms with Crippen molar-refractivity contribution in [1.82, 2.24) is 24.9 Å². The normalized spacial score (nSPS) is 23.1. The Kier molecular flexibility index (Phi) is 4.91. The Morgan fingerprint density at radius 3 is 2.81 bits per heavy atom. The third-order valence-corrected chi connectivity index (χ3v) is 6.04. The minimum absolute atomic E-state index is 0.0566. The molecule has 1 aromatic carbocycles. The van der Waals surface area contributed by atoms with Crippen LogP contribution < -0.4 is 5.32 Å². The van der Waals surface area contributed by atoms with E-state index in [1.165, 1.54) is 19.4 Å². The first-order valence-corrected chi connectivity index (χ1v) is 9.83. The van der Waals surface area contributed by atoms with Crippen molar-refractivity contribution in [3.63, 3.8) is 0 Å². The van der Waals surface area contributed by atoms with Crippen LogP contribution in [0.2, 0.25) is 0 Å². The van der Waals surface area contributed by atoms with Gasteiger partial charge >= 0.3 is 6.03 Å². The van der Waals surface area contributed by atoms with Gasteiger partial charge in [0, 0.05) is 50.4 Å². The van der Waals surface area contributed by atoms with E-state index in [0.29, 0.717) is 12.0 Å². The number of carbonyl (C=O) groups excluding carboxylic acids is 1. The Morgan fingerprint density at radius 2 is 2.04 bits per heavy atom. The van der Waals surface area contributed by atoms with Crippen LogP contribution >= 0.6 is 0 Å². The maximum Gasteiger partial charge on any atom is 0.317 e. The van der Waals surface area contributed by atoms with Crippen LogP contribution in [0.25, 0.3) is 11.1 Å². The lowest BCUT2D eigenvalue weighted by atomic mass is 9.79. The second-order valence-electron chi connectivity index (χ2n) is 8.23. The number of urea groups is 1. The number of nitrogens with zero attached hydrogens (tertiary/aromatic N) is 4.